The number of fused-ring (bicyclic) bond motifs is 1. The molecule has 26 heavy (non-hydrogen) atoms. The monoisotopic (exact) mass is 349 g/mol. The summed E-state index contributed by atoms with van der Waals surface area (Å²) in [6.45, 7) is 7.18. The van der Waals surface area contributed by atoms with Crippen LogP contribution in [0.1, 0.15) is 33.6 Å². The fourth-order valence-corrected chi connectivity index (χ4v) is 3.70. The predicted molar refractivity (Wildman–Crippen MR) is 101 cm³/mol. The van der Waals surface area contributed by atoms with Crippen LogP contribution in [-0.4, -0.2) is 44.5 Å². The van der Waals surface area contributed by atoms with E-state index in [4.69, 9.17) is 4.98 Å². The Morgan fingerprint density at radius 2 is 2.00 bits per heavy atom. The molecule has 1 aliphatic rings. The molecule has 0 aliphatic carbocycles. The number of aliphatic hydroxyl groups excluding tert-OH is 1. The predicted octanol–water partition coefficient (Wildman–Crippen LogP) is 3.13. The van der Waals surface area contributed by atoms with Gasteiger partial charge in [-0.3, -0.25) is 4.79 Å². The molecule has 5 nitrogen and oxygen atoms in total. The Morgan fingerprint density at radius 3 is 2.69 bits per heavy atom. The van der Waals surface area contributed by atoms with E-state index in [1.54, 1.807) is 4.90 Å². The van der Waals surface area contributed by atoms with Crippen molar-refractivity contribution < 1.29 is 9.90 Å². The van der Waals surface area contributed by atoms with Gasteiger partial charge in [-0.2, -0.15) is 0 Å². The minimum absolute atomic E-state index is 0.0152. The summed E-state index contributed by atoms with van der Waals surface area (Å²) < 4.78 is 2.09. The van der Waals surface area contributed by atoms with Crippen LogP contribution in [0.3, 0.4) is 0 Å². The Labute approximate surface area is 152 Å². The van der Waals surface area contributed by atoms with Gasteiger partial charge in [-0.05, 0) is 62.6 Å². The lowest BCUT2D eigenvalue weighted by Gasteiger charge is -2.16. The third-order valence-electron chi connectivity index (χ3n) is 5.20. The van der Waals surface area contributed by atoms with Crippen LogP contribution in [0.4, 0.5) is 0 Å². The van der Waals surface area contributed by atoms with Crippen LogP contribution >= 0.6 is 0 Å². The van der Waals surface area contributed by atoms with Crippen LogP contribution in [0.5, 0.6) is 0 Å². The molecule has 1 N–H and O–H groups in total. The summed E-state index contributed by atoms with van der Waals surface area (Å²) in [5, 5.41) is 9.66. The first-order chi connectivity index (χ1) is 12.4. The minimum atomic E-state index is -0.400. The van der Waals surface area contributed by atoms with Crippen LogP contribution in [0.2, 0.25) is 0 Å². The number of aliphatic hydroxyl groups is 1. The van der Waals surface area contributed by atoms with Gasteiger partial charge in [-0.25, -0.2) is 4.98 Å². The largest absolute Gasteiger partial charge is 0.391 e. The van der Waals surface area contributed by atoms with Gasteiger partial charge in [0.1, 0.15) is 5.65 Å². The van der Waals surface area contributed by atoms with Crippen LogP contribution < -0.4 is 0 Å². The SMILES string of the molecule is Cc1ccn2c(C)c(-c3ccc(C(=O)N4CC[C@@H](O)C4)cc3C)nc2c1. The van der Waals surface area contributed by atoms with E-state index in [-0.39, 0.29) is 5.91 Å². The number of carbonyl (C=O) groups excluding carboxylic acids is 1. The highest BCUT2D eigenvalue weighted by Gasteiger charge is 2.25. The van der Waals surface area contributed by atoms with Crippen molar-refractivity contribution in [2.24, 2.45) is 0 Å². The molecule has 0 saturated carbocycles. The van der Waals surface area contributed by atoms with Gasteiger partial charge in [0.2, 0.25) is 0 Å². The molecule has 4 rings (SSSR count). The van der Waals surface area contributed by atoms with Gasteiger partial charge in [0.05, 0.1) is 11.8 Å². The summed E-state index contributed by atoms with van der Waals surface area (Å²) in [6, 6.07) is 9.92. The number of imidazole rings is 1. The molecule has 1 aromatic carbocycles. The molecule has 0 spiro atoms. The summed E-state index contributed by atoms with van der Waals surface area (Å²) in [5.41, 5.74) is 6.88. The van der Waals surface area contributed by atoms with Crippen LogP contribution in [0.25, 0.3) is 16.9 Å². The molecule has 1 amide bonds. The number of β-amino-alcohol motifs (C(OH)–C–C–N with tert-alkyl or cyclic N) is 1. The van der Waals surface area contributed by atoms with Crippen molar-refractivity contribution in [3.63, 3.8) is 0 Å². The number of nitrogens with zero attached hydrogens (tertiary/aromatic N) is 3. The van der Waals surface area contributed by atoms with Crippen LogP contribution in [-0.2, 0) is 0 Å². The highest BCUT2D eigenvalue weighted by Crippen LogP contribution is 2.28. The number of benzene rings is 1. The number of rotatable bonds is 2. The average Bonchev–Trinajstić information content (AvgIpc) is 3.18. The zero-order chi connectivity index (χ0) is 18.4. The summed E-state index contributed by atoms with van der Waals surface area (Å²) in [7, 11) is 0. The molecule has 1 fully saturated rings. The van der Waals surface area contributed by atoms with E-state index in [0.29, 0.717) is 25.1 Å². The van der Waals surface area contributed by atoms with Crippen molar-refractivity contribution in [1.29, 1.82) is 0 Å². The summed E-state index contributed by atoms with van der Waals surface area (Å²) in [5.74, 6) is -0.0152. The standard InChI is InChI=1S/C21H23N3O2/c1-13-6-9-24-15(3)20(22-19(24)10-13)18-5-4-16(11-14(18)2)21(26)23-8-7-17(25)12-23/h4-6,9-11,17,25H,7-8,12H2,1-3H3/t17-/m1/s1. The molecular weight excluding hydrogens is 326 g/mol. The number of aryl methyl sites for hydroxylation is 3. The fourth-order valence-electron chi connectivity index (χ4n) is 3.70. The molecule has 2 aromatic heterocycles. The first-order valence-electron chi connectivity index (χ1n) is 8.97. The number of aromatic nitrogens is 2. The molecule has 0 radical (unpaired) electrons. The normalized spacial score (nSPS) is 17.2. The van der Waals surface area contributed by atoms with E-state index in [1.807, 2.05) is 31.3 Å². The molecule has 3 heterocycles. The molecule has 0 bridgehead atoms. The summed E-state index contributed by atoms with van der Waals surface area (Å²) in [4.78, 5) is 19.2. The number of likely N-dealkylation sites (tertiary alicyclic amines) is 1. The second-order valence-corrected chi connectivity index (χ2v) is 7.20. The number of amides is 1. The van der Waals surface area contributed by atoms with Crippen LogP contribution in [0.15, 0.2) is 36.5 Å². The van der Waals surface area contributed by atoms with Gasteiger partial charge < -0.3 is 14.4 Å². The zero-order valence-electron chi connectivity index (χ0n) is 15.4. The van der Waals surface area contributed by atoms with E-state index in [0.717, 1.165) is 28.2 Å². The molecule has 134 valence electrons. The molecule has 3 aromatic rings. The average molecular weight is 349 g/mol. The fraction of sp³-hybridized carbons (Fsp3) is 0.333. The highest BCUT2D eigenvalue weighted by atomic mass is 16.3. The van der Waals surface area contributed by atoms with E-state index < -0.39 is 6.10 Å². The Bertz CT molecular complexity index is 1010. The van der Waals surface area contributed by atoms with Crippen molar-refractivity contribution >= 4 is 11.6 Å². The molecule has 1 atom stereocenters. The summed E-state index contributed by atoms with van der Waals surface area (Å²) in [6.07, 6.45) is 2.30. The van der Waals surface area contributed by atoms with Crippen LogP contribution in [0, 0.1) is 20.8 Å². The number of hydrogen-bond donors (Lipinski definition) is 1. The zero-order valence-corrected chi connectivity index (χ0v) is 15.4. The maximum absolute atomic E-state index is 12.6. The Morgan fingerprint density at radius 1 is 1.19 bits per heavy atom. The van der Waals surface area contributed by atoms with E-state index >= 15 is 0 Å². The maximum atomic E-state index is 12.6. The molecule has 0 unspecified atom stereocenters. The third kappa shape index (κ3) is 2.78. The van der Waals surface area contributed by atoms with Crippen molar-refractivity contribution in [3.05, 3.63) is 58.9 Å². The lowest BCUT2D eigenvalue weighted by Crippen LogP contribution is -2.29. The van der Waals surface area contributed by atoms with Gasteiger partial charge in [0.25, 0.3) is 5.91 Å². The quantitative estimate of drug-likeness (QED) is 0.773. The topological polar surface area (TPSA) is 57.8 Å². The van der Waals surface area contributed by atoms with Gasteiger partial charge in [-0.1, -0.05) is 6.07 Å². The van der Waals surface area contributed by atoms with Crippen molar-refractivity contribution in [1.82, 2.24) is 14.3 Å². The first-order valence-corrected chi connectivity index (χ1v) is 8.97. The molecule has 1 saturated heterocycles. The number of carbonyl (C=O) groups is 1. The second kappa shape index (κ2) is 6.25. The van der Waals surface area contributed by atoms with E-state index in [1.165, 1.54) is 5.56 Å². The van der Waals surface area contributed by atoms with Gasteiger partial charge >= 0.3 is 0 Å². The lowest BCUT2D eigenvalue weighted by molar-refractivity contribution is 0.0765. The van der Waals surface area contributed by atoms with Gasteiger partial charge in [0, 0.05) is 36.1 Å². The maximum Gasteiger partial charge on any atom is 0.253 e. The van der Waals surface area contributed by atoms with Crippen molar-refractivity contribution in [2.75, 3.05) is 13.1 Å². The van der Waals surface area contributed by atoms with E-state index in [2.05, 4.69) is 30.4 Å². The van der Waals surface area contributed by atoms with E-state index in [9.17, 15) is 9.90 Å². The molecule has 5 heteroatoms. The Balaban J connectivity index is 1.70. The number of pyridine rings is 1. The highest BCUT2D eigenvalue weighted by molar-refractivity contribution is 5.95. The smallest absolute Gasteiger partial charge is 0.253 e. The van der Waals surface area contributed by atoms with Crippen molar-refractivity contribution in [3.8, 4) is 11.3 Å². The Hall–Kier alpha value is -2.66. The van der Waals surface area contributed by atoms with Crippen molar-refractivity contribution in [2.45, 2.75) is 33.3 Å². The molecule has 1 aliphatic heterocycles. The van der Waals surface area contributed by atoms with Gasteiger partial charge in [0.15, 0.2) is 0 Å². The Kier molecular flexibility index (Phi) is 4.04. The lowest BCUT2D eigenvalue weighted by atomic mass is 10.0. The first kappa shape index (κ1) is 16.8. The molecular formula is C21H23N3O2. The summed E-state index contributed by atoms with van der Waals surface area (Å²) >= 11 is 0. The van der Waals surface area contributed by atoms with Gasteiger partial charge in [-0.15, -0.1) is 0 Å². The number of hydrogen-bond acceptors (Lipinski definition) is 3. The minimum Gasteiger partial charge on any atom is -0.391 e. The second-order valence-electron chi connectivity index (χ2n) is 7.20. The third-order valence-corrected chi connectivity index (χ3v) is 5.20.